The van der Waals surface area contributed by atoms with Gasteiger partial charge in [0.05, 0.1) is 10.6 Å². The zero-order valence-corrected chi connectivity index (χ0v) is 19.9. The molecule has 0 saturated carbocycles. The molecule has 0 spiro atoms. The summed E-state index contributed by atoms with van der Waals surface area (Å²) in [7, 11) is 0. The average molecular weight is 506 g/mol. The number of anilines is 2. The number of amides is 3. The van der Waals surface area contributed by atoms with Gasteiger partial charge in [-0.1, -0.05) is 53.3 Å². The van der Waals surface area contributed by atoms with Gasteiger partial charge in [0.1, 0.15) is 5.01 Å². The normalized spacial score (nSPS) is 10.4. The van der Waals surface area contributed by atoms with E-state index in [0.29, 0.717) is 50.5 Å². The number of benzene rings is 3. The fourth-order valence-electron chi connectivity index (χ4n) is 3.10. The third kappa shape index (κ3) is 6.50. The lowest BCUT2D eigenvalue weighted by Gasteiger charge is -2.06. The van der Waals surface area contributed by atoms with Crippen LogP contribution in [-0.2, 0) is 6.42 Å². The maximum Gasteiger partial charge on any atom is 0.257 e. The summed E-state index contributed by atoms with van der Waals surface area (Å²) in [4.78, 5) is 37.0. The summed E-state index contributed by atoms with van der Waals surface area (Å²) in [6, 6.07) is 22.2. The molecule has 176 valence electrons. The fourth-order valence-corrected chi connectivity index (χ4v) is 4.05. The predicted octanol–water partition coefficient (Wildman–Crippen LogP) is 4.67. The summed E-state index contributed by atoms with van der Waals surface area (Å²) in [6.45, 7) is 0.350. The van der Waals surface area contributed by atoms with Crippen molar-refractivity contribution in [1.29, 1.82) is 0 Å². The van der Waals surface area contributed by atoms with Gasteiger partial charge in [0, 0.05) is 29.8 Å². The standard InChI is InChI=1S/C25H20ClN5O3S/c26-20-9-5-4-8-19(20)24(34)27-15-14-21-30-31-25(35-21)29-23(33)17-10-12-18(13-11-17)28-22(32)16-6-2-1-3-7-16/h1-13H,14-15H2,(H,27,34)(H,28,32)(H,29,31,33). The number of carbonyl (C=O) groups excluding carboxylic acids is 3. The van der Waals surface area contributed by atoms with Crippen LogP contribution in [0.15, 0.2) is 78.9 Å². The van der Waals surface area contributed by atoms with Crippen LogP contribution >= 0.6 is 22.9 Å². The summed E-state index contributed by atoms with van der Waals surface area (Å²) in [5.74, 6) is -0.843. The van der Waals surface area contributed by atoms with Crippen molar-refractivity contribution < 1.29 is 14.4 Å². The Hall–Kier alpha value is -4.08. The number of rotatable bonds is 8. The van der Waals surface area contributed by atoms with E-state index < -0.39 is 0 Å². The van der Waals surface area contributed by atoms with E-state index >= 15 is 0 Å². The highest BCUT2D eigenvalue weighted by molar-refractivity contribution is 7.15. The minimum absolute atomic E-state index is 0.229. The van der Waals surface area contributed by atoms with Crippen LogP contribution in [0, 0.1) is 0 Å². The van der Waals surface area contributed by atoms with Crippen molar-refractivity contribution in [3.63, 3.8) is 0 Å². The van der Waals surface area contributed by atoms with E-state index in [1.165, 1.54) is 11.3 Å². The van der Waals surface area contributed by atoms with Crippen molar-refractivity contribution in [2.75, 3.05) is 17.2 Å². The van der Waals surface area contributed by atoms with E-state index in [1.807, 2.05) is 6.07 Å². The van der Waals surface area contributed by atoms with Gasteiger partial charge >= 0.3 is 0 Å². The lowest BCUT2D eigenvalue weighted by atomic mass is 10.1. The van der Waals surface area contributed by atoms with Gasteiger partial charge in [-0.15, -0.1) is 10.2 Å². The smallest absolute Gasteiger partial charge is 0.257 e. The van der Waals surface area contributed by atoms with Crippen LogP contribution < -0.4 is 16.0 Å². The van der Waals surface area contributed by atoms with Crippen LogP contribution in [0.1, 0.15) is 36.1 Å². The van der Waals surface area contributed by atoms with Gasteiger partial charge in [0.2, 0.25) is 5.13 Å². The first kappa shape index (κ1) is 24.1. The Balaban J connectivity index is 1.26. The highest BCUT2D eigenvalue weighted by Crippen LogP contribution is 2.18. The third-order valence-corrected chi connectivity index (χ3v) is 6.10. The van der Waals surface area contributed by atoms with E-state index in [-0.39, 0.29) is 17.7 Å². The SMILES string of the molecule is O=C(Nc1ccc(C(=O)Nc2nnc(CCNC(=O)c3ccccc3Cl)s2)cc1)c1ccccc1. The molecule has 0 aliphatic heterocycles. The van der Waals surface area contributed by atoms with Crippen molar-refractivity contribution in [3.8, 4) is 0 Å². The second-order valence-electron chi connectivity index (χ2n) is 7.34. The second-order valence-corrected chi connectivity index (χ2v) is 8.81. The number of carbonyl (C=O) groups is 3. The lowest BCUT2D eigenvalue weighted by molar-refractivity contribution is 0.0952. The monoisotopic (exact) mass is 505 g/mol. The second kappa shape index (κ2) is 11.4. The summed E-state index contributed by atoms with van der Waals surface area (Å²) < 4.78 is 0. The quantitative estimate of drug-likeness (QED) is 0.322. The first-order chi connectivity index (χ1) is 17.0. The van der Waals surface area contributed by atoms with Crippen LogP contribution in [0.2, 0.25) is 5.02 Å². The van der Waals surface area contributed by atoms with Gasteiger partial charge in [0.15, 0.2) is 0 Å². The van der Waals surface area contributed by atoms with E-state index in [9.17, 15) is 14.4 Å². The highest BCUT2D eigenvalue weighted by atomic mass is 35.5. The van der Waals surface area contributed by atoms with Crippen LogP contribution in [0.25, 0.3) is 0 Å². The molecular formula is C25H20ClN5O3S. The molecule has 0 radical (unpaired) electrons. The van der Waals surface area contributed by atoms with Gasteiger partial charge in [-0.25, -0.2) is 0 Å². The van der Waals surface area contributed by atoms with Gasteiger partial charge in [0.25, 0.3) is 17.7 Å². The number of halogens is 1. The van der Waals surface area contributed by atoms with Gasteiger partial charge in [-0.3, -0.25) is 19.7 Å². The Labute approximate surface area is 210 Å². The molecule has 3 amide bonds. The molecule has 4 aromatic rings. The molecule has 10 heteroatoms. The summed E-state index contributed by atoms with van der Waals surface area (Å²) >= 11 is 7.26. The Kier molecular flexibility index (Phi) is 7.81. The molecule has 3 N–H and O–H groups in total. The average Bonchev–Trinajstić information content (AvgIpc) is 3.32. The molecule has 1 heterocycles. The highest BCUT2D eigenvalue weighted by Gasteiger charge is 2.13. The molecule has 4 rings (SSSR count). The molecule has 0 atom stereocenters. The summed E-state index contributed by atoms with van der Waals surface area (Å²) in [6.07, 6.45) is 0.458. The van der Waals surface area contributed by atoms with Crippen molar-refractivity contribution in [2.45, 2.75) is 6.42 Å². The maximum atomic E-state index is 12.5. The van der Waals surface area contributed by atoms with Crippen molar-refractivity contribution in [2.24, 2.45) is 0 Å². The van der Waals surface area contributed by atoms with Gasteiger partial charge < -0.3 is 10.6 Å². The molecule has 8 nitrogen and oxygen atoms in total. The zero-order chi connectivity index (χ0) is 24.6. The van der Waals surface area contributed by atoms with Crippen molar-refractivity contribution >= 4 is 51.5 Å². The van der Waals surface area contributed by atoms with E-state index in [0.717, 1.165) is 0 Å². The molecule has 0 saturated heterocycles. The van der Waals surface area contributed by atoms with Crippen molar-refractivity contribution in [1.82, 2.24) is 15.5 Å². The number of nitrogens with zero attached hydrogens (tertiary/aromatic N) is 2. The van der Waals surface area contributed by atoms with Gasteiger partial charge in [-0.05, 0) is 48.5 Å². The Morgan fingerprint density at radius 2 is 1.40 bits per heavy atom. The number of hydrogen-bond donors (Lipinski definition) is 3. The molecule has 0 fully saturated rings. The first-order valence-corrected chi connectivity index (χ1v) is 11.8. The van der Waals surface area contributed by atoms with Gasteiger partial charge in [-0.2, -0.15) is 0 Å². The van der Waals surface area contributed by atoms with Crippen molar-refractivity contribution in [3.05, 3.63) is 106 Å². The molecular weight excluding hydrogens is 486 g/mol. The number of hydrogen-bond acceptors (Lipinski definition) is 6. The fraction of sp³-hybridized carbons (Fsp3) is 0.0800. The lowest BCUT2D eigenvalue weighted by Crippen LogP contribution is -2.25. The molecule has 0 aliphatic rings. The van der Waals surface area contributed by atoms with Crippen LogP contribution in [-0.4, -0.2) is 34.5 Å². The summed E-state index contributed by atoms with van der Waals surface area (Å²) in [5.41, 5.74) is 1.94. The molecule has 3 aromatic carbocycles. The zero-order valence-electron chi connectivity index (χ0n) is 18.3. The van der Waals surface area contributed by atoms with Crippen LogP contribution in [0.4, 0.5) is 10.8 Å². The number of nitrogens with one attached hydrogen (secondary N) is 3. The Morgan fingerprint density at radius 3 is 2.14 bits per heavy atom. The minimum atomic E-state index is -0.347. The van der Waals surface area contributed by atoms with E-state index in [4.69, 9.17) is 11.6 Å². The summed E-state index contributed by atoms with van der Waals surface area (Å²) in [5, 5.41) is 17.7. The molecule has 1 aromatic heterocycles. The Morgan fingerprint density at radius 1 is 0.743 bits per heavy atom. The first-order valence-electron chi connectivity index (χ1n) is 10.6. The Bertz CT molecular complexity index is 1340. The minimum Gasteiger partial charge on any atom is -0.352 e. The van der Waals surface area contributed by atoms with Crippen LogP contribution in [0.3, 0.4) is 0 Å². The van der Waals surface area contributed by atoms with Crippen LogP contribution in [0.5, 0.6) is 0 Å². The largest absolute Gasteiger partial charge is 0.352 e. The third-order valence-electron chi connectivity index (χ3n) is 4.87. The molecule has 0 aliphatic carbocycles. The molecule has 0 unspecified atom stereocenters. The van der Waals surface area contributed by atoms with E-state index in [1.54, 1.807) is 72.8 Å². The topological polar surface area (TPSA) is 113 Å². The predicted molar refractivity (Wildman–Crippen MR) is 136 cm³/mol. The molecule has 35 heavy (non-hydrogen) atoms. The van der Waals surface area contributed by atoms with E-state index in [2.05, 4.69) is 26.1 Å². The number of aromatic nitrogens is 2. The maximum absolute atomic E-state index is 12.5. The molecule has 0 bridgehead atoms.